The van der Waals surface area contributed by atoms with E-state index in [4.69, 9.17) is 15.6 Å². The maximum atomic E-state index is 11.5. The summed E-state index contributed by atoms with van der Waals surface area (Å²) < 4.78 is 31.7. The Balaban J connectivity index is 0.00000201. The molecule has 0 aromatic heterocycles. The highest BCUT2D eigenvalue weighted by Crippen LogP contribution is 2.15. The molecule has 1 aliphatic rings. The molecule has 244 valence electrons. The molecule has 2 amide bonds. The summed E-state index contributed by atoms with van der Waals surface area (Å²) in [6.07, 6.45) is 21.6. The number of carbonyl (C=O) groups excluding carboxylic acids is 1. The Kier molecular flexibility index (Phi) is 27.1. The largest absolute Gasteiger partial charge is 0.490 e. The summed E-state index contributed by atoms with van der Waals surface area (Å²) in [6.45, 7) is 1.63. The molecule has 0 aromatic rings. The van der Waals surface area contributed by atoms with E-state index in [0.717, 1.165) is 31.0 Å². The zero-order valence-corrected chi connectivity index (χ0v) is 24.5. The fraction of sp³-hybridized carbons (Fsp3) is 0.920. The maximum Gasteiger partial charge on any atom is 0.490 e. The van der Waals surface area contributed by atoms with Crippen LogP contribution in [0, 0.1) is 0 Å². The van der Waals surface area contributed by atoms with Gasteiger partial charge in [0.25, 0.3) is 0 Å². The summed E-state index contributed by atoms with van der Waals surface area (Å²) in [5, 5.41) is 8.14. The zero-order valence-electron chi connectivity index (χ0n) is 24.5. The summed E-state index contributed by atoms with van der Waals surface area (Å²) >= 11 is 0. The van der Waals surface area contributed by atoms with Crippen LogP contribution in [-0.2, 0) is 4.79 Å². The molecule has 41 heavy (non-hydrogen) atoms. The average Bonchev–Trinajstić information content (AvgIpc) is 2.92. The number of aliphatic carboxylic acids is 1. The minimum absolute atomic E-state index is 0.672. The van der Waals surface area contributed by atoms with E-state index >= 15 is 0 Å². The van der Waals surface area contributed by atoms with Gasteiger partial charge in [0.15, 0.2) is 0 Å². The lowest BCUT2D eigenvalue weighted by molar-refractivity contribution is -0.192. The molecule has 0 spiro atoms. The third-order valence-electron chi connectivity index (χ3n) is 6.45. The first-order valence-corrected chi connectivity index (χ1v) is 15.1. The Hall–Kier alpha value is -1.79. The minimum Gasteiger partial charge on any atom is -0.475 e. The summed E-state index contributed by atoms with van der Waals surface area (Å²) in [4.78, 5) is 20.4. The number of nitrogens with two attached hydrogens (primary N) is 1. The number of amides is 2. The molecule has 0 bridgehead atoms. The van der Waals surface area contributed by atoms with Crippen LogP contribution in [0.15, 0.2) is 0 Å². The number of carboxylic acid groups (broad SMARTS) is 1. The molecule has 16 heteroatoms. The molecule has 1 aliphatic heterocycles. The molecule has 0 aromatic carbocycles. The first kappa shape index (κ1) is 39.2. The van der Waals surface area contributed by atoms with Crippen molar-refractivity contribution in [3.05, 3.63) is 0 Å². The van der Waals surface area contributed by atoms with Crippen LogP contribution in [0.3, 0.4) is 0 Å². The monoisotopic (exact) mass is 600 g/mol. The van der Waals surface area contributed by atoms with Gasteiger partial charge in [-0.2, -0.15) is 40.4 Å². The molecule has 0 atom stereocenters. The van der Waals surface area contributed by atoms with E-state index in [1.165, 1.54) is 116 Å². The number of nitrogens with one attached hydrogen (secondary N) is 8. The van der Waals surface area contributed by atoms with Gasteiger partial charge in [-0.1, -0.05) is 116 Å². The standard InChI is InChI=1S/C23H54N10O.C2HF3O2/c24-23(34)33-31-26-22-20-18-16-14-12-10-8-6-4-2-1-3-5-7-9-11-13-15-17-19-21-25-27-28-29-30-32-33;3-2(4,5)1(6)7/h25-32H,1-22H2,(H2,24,34);(H,6,7). The van der Waals surface area contributed by atoms with E-state index < -0.39 is 18.2 Å². The van der Waals surface area contributed by atoms with Crippen molar-refractivity contribution in [3.63, 3.8) is 0 Å². The molecule has 1 heterocycles. The van der Waals surface area contributed by atoms with Gasteiger partial charge in [0.2, 0.25) is 0 Å². The van der Waals surface area contributed by atoms with Crippen LogP contribution in [0.5, 0.6) is 0 Å². The van der Waals surface area contributed by atoms with Crippen molar-refractivity contribution in [1.29, 1.82) is 0 Å². The van der Waals surface area contributed by atoms with Crippen LogP contribution in [-0.4, -0.2) is 41.5 Å². The van der Waals surface area contributed by atoms with Crippen LogP contribution in [0.1, 0.15) is 128 Å². The number of carbonyl (C=O) groups is 2. The van der Waals surface area contributed by atoms with Gasteiger partial charge in [0, 0.05) is 13.1 Å². The molecule has 0 unspecified atom stereocenters. The van der Waals surface area contributed by atoms with Crippen LogP contribution >= 0.6 is 0 Å². The fourth-order valence-electron chi connectivity index (χ4n) is 4.13. The van der Waals surface area contributed by atoms with Crippen molar-refractivity contribution in [1.82, 2.24) is 49.2 Å². The number of rotatable bonds is 0. The third-order valence-corrected chi connectivity index (χ3v) is 6.45. The number of carboxylic acids is 1. The molecule has 11 N–H and O–H groups in total. The van der Waals surface area contributed by atoms with E-state index in [9.17, 15) is 18.0 Å². The first-order valence-electron chi connectivity index (χ1n) is 15.1. The van der Waals surface area contributed by atoms with Gasteiger partial charge in [0.05, 0.1) is 0 Å². The molecule has 0 saturated carbocycles. The van der Waals surface area contributed by atoms with Crippen LogP contribution in [0.2, 0.25) is 0 Å². The number of primary amides is 1. The normalized spacial score (nSPS) is 20.9. The molecule has 0 radical (unpaired) electrons. The second kappa shape index (κ2) is 28.3. The molecule has 1 rings (SSSR count). The summed E-state index contributed by atoms with van der Waals surface area (Å²) in [7, 11) is 0. The van der Waals surface area contributed by atoms with Gasteiger partial charge in [-0.15, -0.1) is 11.1 Å². The second-order valence-corrected chi connectivity index (χ2v) is 10.1. The number of hydrogen-bond donors (Lipinski definition) is 10. The second-order valence-electron chi connectivity index (χ2n) is 10.1. The van der Waals surface area contributed by atoms with E-state index in [1.54, 1.807) is 0 Å². The SMILES string of the molecule is NC(=O)N1NNCCCCCCCCCCCCCCCCCCCCCCNNNNNN1.O=C(O)C(F)(F)F. The lowest BCUT2D eigenvalue weighted by Gasteiger charge is -2.22. The smallest absolute Gasteiger partial charge is 0.475 e. The van der Waals surface area contributed by atoms with Crippen molar-refractivity contribution in [2.24, 2.45) is 5.73 Å². The van der Waals surface area contributed by atoms with E-state index in [2.05, 4.69) is 44.1 Å². The summed E-state index contributed by atoms with van der Waals surface area (Å²) in [5.41, 5.74) is 27.6. The Labute approximate surface area is 242 Å². The van der Waals surface area contributed by atoms with Crippen molar-refractivity contribution < 1.29 is 27.9 Å². The number of urea groups is 1. The van der Waals surface area contributed by atoms with Crippen LogP contribution in [0.25, 0.3) is 0 Å². The third kappa shape index (κ3) is 29.5. The Morgan fingerprint density at radius 3 is 1.20 bits per heavy atom. The van der Waals surface area contributed by atoms with Gasteiger partial charge >= 0.3 is 18.2 Å². The van der Waals surface area contributed by atoms with Crippen molar-refractivity contribution in [2.45, 2.75) is 135 Å². The minimum atomic E-state index is -5.08. The highest BCUT2D eigenvalue weighted by molar-refractivity contribution is 5.73. The predicted octanol–water partition coefficient (Wildman–Crippen LogP) is 3.85. The Morgan fingerprint density at radius 1 is 0.537 bits per heavy atom. The van der Waals surface area contributed by atoms with Crippen LogP contribution < -0.4 is 49.8 Å². The van der Waals surface area contributed by atoms with Gasteiger partial charge in [-0.25, -0.2) is 20.4 Å². The zero-order chi connectivity index (χ0) is 30.4. The lowest BCUT2D eigenvalue weighted by Crippen LogP contribution is -2.67. The quantitative estimate of drug-likeness (QED) is 0.195. The highest BCUT2D eigenvalue weighted by Gasteiger charge is 2.38. The molecule has 1 fully saturated rings. The highest BCUT2D eigenvalue weighted by atomic mass is 19.4. The molecule has 1 saturated heterocycles. The average molecular weight is 601 g/mol. The Bertz CT molecular complexity index is 590. The maximum absolute atomic E-state index is 11.5. The summed E-state index contributed by atoms with van der Waals surface area (Å²) in [5.74, 6) is -2.76. The molecule has 0 aliphatic carbocycles. The number of alkyl halides is 3. The topological polar surface area (TPSA) is 180 Å². The fourth-order valence-corrected chi connectivity index (χ4v) is 4.13. The lowest BCUT2D eigenvalue weighted by atomic mass is 10.0. The van der Waals surface area contributed by atoms with Gasteiger partial charge in [-0.05, 0) is 12.8 Å². The van der Waals surface area contributed by atoms with Crippen molar-refractivity contribution in [2.75, 3.05) is 13.1 Å². The Morgan fingerprint density at radius 2 is 0.854 bits per heavy atom. The van der Waals surface area contributed by atoms with Gasteiger partial charge in [0.1, 0.15) is 0 Å². The molecular weight excluding hydrogens is 545 g/mol. The number of hydrazine groups is 8. The number of nitrogens with zero attached hydrogens (tertiary/aromatic N) is 1. The van der Waals surface area contributed by atoms with E-state index in [-0.39, 0.29) is 0 Å². The predicted molar refractivity (Wildman–Crippen MR) is 152 cm³/mol. The molecular formula is C25H55F3N10O3. The molecule has 13 nitrogen and oxygen atoms in total. The van der Waals surface area contributed by atoms with E-state index in [1.807, 2.05) is 0 Å². The van der Waals surface area contributed by atoms with Gasteiger partial charge < -0.3 is 10.8 Å². The van der Waals surface area contributed by atoms with Crippen LogP contribution in [0.4, 0.5) is 18.0 Å². The van der Waals surface area contributed by atoms with Gasteiger partial charge in [-0.3, -0.25) is 0 Å². The van der Waals surface area contributed by atoms with Crippen molar-refractivity contribution in [3.8, 4) is 0 Å². The van der Waals surface area contributed by atoms with E-state index in [0.29, 0.717) is 0 Å². The first-order chi connectivity index (χ1) is 19.7. The van der Waals surface area contributed by atoms with Crippen molar-refractivity contribution >= 4 is 12.0 Å². The summed E-state index contributed by atoms with van der Waals surface area (Å²) in [6, 6.07) is -0.672. The number of hydrogen-bond acceptors (Lipinski definition) is 10. The number of halogens is 3.